The van der Waals surface area contributed by atoms with Gasteiger partial charge in [0, 0.05) is 10.7 Å². The molecule has 2 N–H and O–H groups in total. The Morgan fingerprint density at radius 2 is 1.90 bits per heavy atom. The van der Waals surface area contributed by atoms with Gasteiger partial charge >= 0.3 is 0 Å². The van der Waals surface area contributed by atoms with Crippen molar-refractivity contribution in [3.05, 3.63) is 12.2 Å². The van der Waals surface area contributed by atoms with E-state index in [1.807, 2.05) is 6.08 Å². The molecule has 0 bridgehead atoms. The first kappa shape index (κ1) is 6.83. The minimum absolute atomic E-state index is 0.250. The summed E-state index contributed by atoms with van der Waals surface area (Å²) in [5, 5.41) is 18.5. The smallest absolute Gasteiger partial charge is 0.0983 e. The summed E-state index contributed by atoms with van der Waals surface area (Å²) in [6, 6.07) is 0. The number of halogens is 1. The summed E-state index contributed by atoms with van der Waals surface area (Å²) in [5.74, 6) is 0.707. The highest BCUT2D eigenvalue weighted by Crippen LogP contribution is 2.51. The number of rotatable bonds is 0. The molecule has 1 saturated carbocycles. The molecule has 0 aromatic carbocycles. The molecule has 0 spiro atoms. The van der Waals surface area contributed by atoms with Crippen molar-refractivity contribution in [3.8, 4) is 0 Å². The zero-order valence-corrected chi connectivity index (χ0v) is 6.90. The van der Waals surface area contributed by atoms with Crippen molar-refractivity contribution < 1.29 is 10.2 Å². The number of hydrogen-bond acceptors (Lipinski definition) is 2. The molecule has 5 atom stereocenters. The second-order valence-electron chi connectivity index (χ2n) is 2.97. The highest BCUT2D eigenvalue weighted by Gasteiger charge is 2.54. The second-order valence-corrected chi connectivity index (χ2v) is 4.02. The van der Waals surface area contributed by atoms with Gasteiger partial charge in [-0.3, -0.25) is 0 Å². The Hall–Kier alpha value is 0.140. The van der Waals surface area contributed by atoms with E-state index in [2.05, 4.69) is 15.9 Å². The molecule has 10 heavy (non-hydrogen) atoms. The average Bonchev–Trinajstić information content (AvgIpc) is 2.54. The molecular formula is C7H9BrO2. The van der Waals surface area contributed by atoms with Crippen molar-refractivity contribution in [2.75, 3.05) is 0 Å². The van der Waals surface area contributed by atoms with E-state index in [1.165, 1.54) is 0 Å². The van der Waals surface area contributed by atoms with Crippen LogP contribution in [0.4, 0.5) is 0 Å². The number of aliphatic hydroxyl groups excluding tert-OH is 2. The van der Waals surface area contributed by atoms with Gasteiger partial charge in [-0.1, -0.05) is 28.1 Å². The zero-order valence-electron chi connectivity index (χ0n) is 5.31. The summed E-state index contributed by atoms with van der Waals surface area (Å²) in [7, 11) is 0. The maximum absolute atomic E-state index is 9.33. The van der Waals surface area contributed by atoms with E-state index >= 15 is 0 Å². The van der Waals surface area contributed by atoms with Crippen molar-refractivity contribution in [2.45, 2.75) is 17.0 Å². The van der Waals surface area contributed by atoms with Gasteiger partial charge in [0.1, 0.15) is 0 Å². The monoisotopic (exact) mass is 204 g/mol. The number of fused-ring (bicyclic) bond motifs is 1. The lowest BCUT2D eigenvalue weighted by Crippen LogP contribution is -2.29. The lowest BCUT2D eigenvalue weighted by atomic mass is 10.0. The minimum Gasteiger partial charge on any atom is -0.390 e. The van der Waals surface area contributed by atoms with Crippen molar-refractivity contribution in [2.24, 2.45) is 11.8 Å². The lowest BCUT2D eigenvalue weighted by Gasteiger charge is -2.16. The van der Waals surface area contributed by atoms with Crippen LogP contribution in [0.25, 0.3) is 0 Å². The summed E-state index contributed by atoms with van der Waals surface area (Å²) in [5.41, 5.74) is 0. The van der Waals surface area contributed by atoms with Crippen LogP contribution in [0.3, 0.4) is 0 Å². The predicted molar refractivity (Wildman–Crippen MR) is 40.8 cm³/mol. The van der Waals surface area contributed by atoms with E-state index < -0.39 is 12.2 Å². The fourth-order valence-corrected chi connectivity index (χ4v) is 2.57. The highest BCUT2D eigenvalue weighted by atomic mass is 79.9. The van der Waals surface area contributed by atoms with Crippen molar-refractivity contribution in [1.29, 1.82) is 0 Å². The number of allylic oxidation sites excluding steroid dienone is 1. The normalized spacial score (nSPS) is 58.1. The Labute approximate surface area is 67.7 Å². The first-order valence-electron chi connectivity index (χ1n) is 3.40. The van der Waals surface area contributed by atoms with Gasteiger partial charge in [-0.2, -0.15) is 0 Å². The van der Waals surface area contributed by atoms with Crippen LogP contribution in [0.15, 0.2) is 12.2 Å². The van der Waals surface area contributed by atoms with Gasteiger partial charge in [0.05, 0.1) is 12.2 Å². The van der Waals surface area contributed by atoms with E-state index in [0.717, 1.165) is 0 Å². The van der Waals surface area contributed by atoms with E-state index in [4.69, 9.17) is 5.11 Å². The molecule has 0 aromatic heterocycles. The van der Waals surface area contributed by atoms with Gasteiger partial charge in [-0.25, -0.2) is 0 Å². The topological polar surface area (TPSA) is 40.5 Å². The maximum Gasteiger partial charge on any atom is 0.0983 e. The van der Waals surface area contributed by atoms with E-state index in [9.17, 15) is 5.11 Å². The molecule has 0 heterocycles. The van der Waals surface area contributed by atoms with Gasteiger partial charge in [-0.15, -0.1) is 0 Å². The summed E-state index contributed by atoms with van der Waals surface area (Å²) in [4.78, 5) is 0.385. The Morgan fingerprint density at radius 1 is 1.20 bits per heavy atom. The SMILES string of the molecule is O[C@H]1[C@@H]2[C@@H](Br)[C@@H]2C=C[C@H]1O. The van der Waals surface area contributed by atoms with Gasteiger partial charge < -0.3 is 10.2 Å². The first-order chi connectivity index (χ1) is 4.72. The first-order valence-corrected chi connectivity index (χ1v) is 4.32. The van der Waals surface area contributed by atoms with Crippen molar-refractivity contribution >= 4 is 15.9 Å². The number of hydrogen-bond donors (Lipinski definition) is 2. The molecular weight excluding hydrogens is 196 g/mol. The fourth-order valence-electron chi connectivity index (χ4n) is 1.55. The van der Waals surface area contributed by atoms with Gasteiger partial charge in [0.2, 0.25) is 0 Å². The van der Waals surface area contributed by atoms with Crippen LogP contribution in [-0.2, 0) is 0 Å². The van der Waals surface area contributed by atoms with Crippen molar-refractivity contribution in [1.82, 2.24) is 0 Å². The third kappa shape index (κ3) is 0.775. The van der Waals surface area contributed by atoms with E-state index in [1.54, 1.807) is 6.08 Å². The van der Waals surface area contributed by atoms with Crippen LogP contribution in [0.5, 0.6) is 0 Å². The van der Waals surface area contributed by atoms with Crippen LogP contribution < -0.4 is 0 Å². The van der Waals surface area contributed by atoms with Gasteiger partial charge in [-0.05, 0) is 5.92 Å². The summed E-state index contributed by atoms with van der Waals surface area (Å²) in [6.07, 6.45) is 2.44. The minimum atomic E-state index is -0.649. The molecule has 3 heteroatoms. The molecule has 0 radical (unpaired) electrons. The summed E-state index contributed by atoms with van der Waals surface area (Å²) >= 11 is 3.42. The predicted octanol–water partition coefficient (Wildman–Crippen LogP) is 0.288. The molecule has 56 valence electrons. The fraction of sp³-hybridized carbons (Fsp3) is 0.714. The van der Waals surface area contributed by atoms with Gasteiger partial charge in [0.15, 0.2) is 0 Å². The summed E-state index contributed by atoms with van der Waals surface area (Å²) in [6.45, 7) is 0. The van der Waals surface area contributed by atoms with E-state index in [0.29, 0.717) is 10.7 Å². The van der Waals surface area contributed by atoms with Crippen LogP contribution in [0, 0.1) is 11.8 Å². The highest BCUT2D eigenvalue weighted by molar-refractivity contribution is 9.09. The molecule has 0 aromatic rings. The molecule has 0 amide bonds. The Bertz CT molecular complexity index is 180. The third-order valence-electron chi connectivity index (χ3n) is 2.31. The molecule has 2 nitrogen and oxygen atoms in total. The largest absolute Gasteiger partial charge is 0.390 e. The molecule has 0 unspecified atom stereocenters. The van der Waals surface area contributed by atoms with E-state index in [-0.39, 0.29) is 5.92 Å². The Kier molecular flexibility index (Phi) is 1.41. The molecule has 2 aliphatic carbocycles. The number of alkyl halides is 1. The van der Waals surface area contributed by atoms with Gasteiger partial charge in [0.25, 0.3) is 0 Å². The zero-order chi connectivity index (χ0) is 7.30. The maximum atomic E-state index is 9.33. The molecule has 0 aliphatic heterocycles. The lowest BCUT2D eigenvalue weighted by molar-refractivity contribution is 0.0279. The van der Waals surface area contributed by atoms with Crippen LogP contribution in [0.2, 0.25) is 0 Å². The second kappa shape index (κ2) is 2.06. The Balaban J connectivity index is 2.17. The Morgan fingerprint density at radius 3 is 2.50 bits per heavy atom. The van der Waals surface area contributed by atoms with Crippen molar-refractivity contribution in [3.63, 3.8) is 0 Å². The standard InChI is InChI=1S/C7H9BrO2/c8-6-3-1-2-4(9)7(10)5(3)6/h1-7,9-10H/t3-,4-,5+,6+,7-/m1/s1. The molecule has 2 rings (SSSR count). The third-order valence-corrected chi connectivity index (χ3v) is 3.53. The summed E-state index contributed by atoms with van der Waals surface area (Å²) < 4.78 is 0. The number of aliphatic hydroxyl groups is 2. The van der Waals surface area contributed by atoms with Crippen LogP contribution in [-0.4, -0.2) is 27.2 Å². The van der Waals surface area contributed by atoms with Crippen LogP contribution in [0.1, 0.15) is 0 Å². The average molecular weight is 205 g/mol. The van der Waals surface area contributed by atoms with Crippen LogP contribution >= 0.6 is 15.9 Å². The quantitative estimate of drug-likeness (QED) is 0.440. The molecule has 0 saturated heterocycles. The molecule has 1 fully saturated rings. The molecule has 2 aliphatic rings.